The molecule has 0 saturated carbocycles. The second kappa shape index (κ2) is 9.66. The molecule has 2 rings (SSSR count). The van der Waals surface area contributed by atoms with E-state index in [9.17, 15) is 10.1 Å². The molecule has 0 spiro atoms. The van der Waals surface area contributed by atoms with Gasteiger partial charge >= 0.3 is 0 Å². The van der Waals surface area contributed by atoms with Gasteiger partial charge in [0.05, 0.1) is 33.9 Å². The van der Waals surface area contributed by atoms with Crippen LogP contribution in [-0.4, -0.2) is 49.3 Å². The van der Waals surface area contributed by atoms with Crippen molar-refractivity contribution in [3.05, 3.63) is 50.5 Å². The molecule has 0 radical (unpaired) electrons. The predicted octanol–water partition coefficient (Wildman–Crippen LogP) is 2.37. The number of anilines is 1. The highest BCUT2D eigenvalue weighted by Gasteiger charge is 2.13. The number of benzene rings is 2. The van der Waals surface area contributed by atoms with E-state index in [0.717, 1.165) is 5.69 Å². The Bertz CT molecular complexity index is 837. The number of hydrogen-bond donors (Lipinski definition) is 2. The molecule has 0 aromatic heterocycles. The Kier molecular flexibility index (Phi) is 7.55. The van der Waals surface area contributed by atoms with Gasteiger partial charge in [0.1, 0.15) is 13.5 Å². The van der Waals surface area contributed by atoms with E-state index >= 15 is 0 Å². The fraction of sp³-hybridized carbons (Fsp3) is 0.250. The molecule has 0 aliphatic carbocycles. The summed E-state index contributed by atoms with van der Waals surface area (Å²) in [5, 5.41) is 37.7. The number of azo groups is 1. The van der Waals surface area contributed by atoms with Gasteiger partial charge in [0.2, 0.25) is 0 Å². The molecule has 0 aliphatic rings. The molecule has 8 nitrogen and oxygen atoms in total. The van der Waals surface area contributed by atoms with Gasteiger partial charge in [-0.25, -0.2) is 0 Å². The highest BCUT2D eigenvalue weighted by atomic mass is 35.5. The Morgan fingerprint density at radius 3 is 2.26 bits per heavy atom. The summed E-state index contributed by atoms with van der Waals surface area (Å²) in [5.74, 6) is 0. The number of hydrogen-bond acceptors (Lipinski definition) is 7. The predicted molar refractivity (Wildman–Crippen MR) is 108 cm³/mol. The fourth-order valence-electron chi connectivity index (χ4n) is 2.44. The number of halogens is 2. The third-order valence-corrected chi connectivity index (χ3v) is 4.33. The molecule has 0 heterocycles. The van der Waals surface area contributed by atoms with Gasteiger partial charge in [0.15, 0.2) is 0 Å². The largest absolute Gasteiger partial charge is 0.395 e. The molecular weight excluding hydrogens is 394 g/mol. The first-order chi connectivity index (χ1) is 12.9. The molecule has 2 aromatic rings. The summed E-state index contributed by atoms with van der Waals surface area (Å²) in [7, 11) is 1.65. The second-order valence-corrected chi connectivity index (χ2v) is 6.43. The first kappa shape index (κ1) is 21.1. The van der Waals surface area contributed by atoms with E-state index in [1.807, 2.05) is 0 Å². The van der Waals surface area contributed by atoms with Crippen LogP contribution in [0.5, 0.6) is 0 Å². The Morgan fingerprint density at radius 2 is 1.74 bits per heavy atom. The van der Waals surface area contributed by atoms with Crippen LogP contribution in [0.15, 0.2) is 40.6 Å². The van der Waals surface area contributed by atoms with Crippen molar-refractivity contribution in [1.29, 1.82) is 0 Å². The van der Waals surface area contributed by atoms with E-state index in [4.69, 9.17) is 33.4 Å². The van der Waals surface area contributed by atoms with E-state index in [1.165, 1.54) is 12.1 Å². The molecule has 27 heavy (non-hydrogen) atoms. The molecule has 2 aromatic carbocycles. The van der Waals surface area contributed by atoms with Crippen molar-refractivity contribution in [3.63, 3.8) is 0 Å². The zero-order chi connectivity index (χ0) is 20.0. The van der Waals surface area contributed by atoms with Crippen LogP contribution in [0.4, 0.5) is 22.7 Å². The minimum absolute atomic E-state index is 0.0585. The topological polar surface area (TPSA) is 112 Å². The Hall–Kier alpha value is -2.20. The molecule has 0 aliphatic heterocycles. The van der Waals surface area contributed by atoms with Crippen LogP contribution in [0, 0.1) is 10.1 Å². The third kappa shape index (κ3) is 5.39. The summed E-state index contributed by atoms with van der Waals surface area (Å²) in [6, 6.07) is 7.64. The first-order valence-electron chi connectivity index (χ1n) is 8.00. The lowest BCUT2D eigenvalue weighted by Crippen LogP contribution is -2.29. The van der Waals surface area contributed by atoms with Crippen molar-refractivity contribution in [3.8, 4) is 0 Å². The lowest BCUT2D eigenvalue weighted by Gasteiger charge is -2.23. The number of nitrogens with zero attached hydrogens (tertiary/aromatic N) is 4. The Labute approximate surface area is 166 Å². The van der Waals surface area contributed by atoms with E-state index in [1.54, 1.807) is 30.9 Å². The van der Waals surface area contributed by atoms with E-state index in [2.05, 4.69) is 10.2 Å². The smallest absolute Gasteiger partial charge is 0.270 e. The van der Waals surface area contributed by atoms with Crippen LogP contribution in [0.25, 0.3) is 0 Å². The SMILES string of the molecule is Bc1cc([N+](=O)[O-])cc(Cl)c1/N=N/c1ccc(N(CCO)CCO)cc1Cl. The normalized spacial score (nSPS) is 11.1. The quantitative estimate of drug-likeness (QED) is 0.300. The number of non-ortho nitro benzene ring substituents is 1. The van der Waals surface area contributed by atoms with Gasteiger partial charge in [-0.05, 0) is 18.2 Å². The maximum absolute atomic E-state index is 10.9. The van der Waals surface area contributed by atoms with Crippen molar-refractivity contribution in [2.45, 2.75) is 0 Å². The summed E-state index contributed by atoms with van der Waals surface area (Å²) >= 11 is 12.3. The van der Waals surface area contributed by atoms with Gasteiger partial charge < -0.3 is 15.1 Å². The lowest BCUT2D eigenvalue weighted by atomic mass is 9.94. The van der Waals surface area contributed by atoms with Crippen LogP contribution >= 0.6 is 23.2 Å². The Balaban J connectivity index is 2.29. The molecule has 0 amide bonds. The molecule has 0 fully saturated rings. The summed E-state index contributed by atoms with van der Waals surface area (Å²) in [4.78, 5) is 12.1. The average Bonchev–Trinajstić information content (AvgIpc) is 2.61. The lowest BCUT2D eigenvalue weighted by molar-refractivity contribution is -0.384. The van der Waals surface area contributed by atoms with Crippen LogP contribution in [0.1, 0.15) is 0 Å². The van der Waals surface area contributed by atoms with Gasteiger partial charge in [0.25, 0.3) is 5.69 Å². The van der Waals surface area contributed by atoms with Crippen LogP contribution < -0.4 is 10.4 Å². The minimum Gasteiger partial charge on any atom is -0.395 e. The summed E-state index contributed by atoms with van der Waals surface area (Å²) in [6.07, 6.45) is 0. The highest BCUT2D eigenvalue weighted by molar-refractivity contribution is 6.41. The van der Waals surface area contributed by atoms with E-state index in [0.29, 0.717) is 34.9 Å². The monoisotopic (exact) mass is 410 g/mol. The van der Waals surface area contributed by atoms with Crippen molar-refractivity contribution >= 4 is 59.3 Å². The number of aliphatic hydroxyl groups excluding tert-OH is 2. The van der Waals surface area contributed by atoms with Crippen LogP contribution in [-0.2, 0) is 0 Å². The van der Waals surface area contributed by atoms with Crippen molar-refractivity contribution in [2.24, 2.45) is 10.2 Å². The molecule has 2 N–H and O–H groups in total. The van der Waals surface area contributed by atoms with Crippen molar-refractivity contribution in [1.82, 2.24) is 0 Å². The van der Waals surface area contributed by atoms with Crippen molar-refractivity contribution < 1.29 is 15.1 Å². The van der Waals surface area contributed by atoms with Crippen molar-refractivity contribution in [2.75, 3.05) is 31.2 Å². The highest BCUT2D eigenvalue weighted by Crippen LogP contribution is 2.33. The minimum atomic E-state index is -0.528. The average molecular weight is 411 g/mol. The number of nitro groups is 1. The second-order valence-electron chi connectivity index (χ2n) is 5.62. The number of aliphatic hydroxyl groups is 2. The molecule has 0 bridgehead atoms. The Morgan fingerprint density at radius 1 is 1.07 bits per heavy atom. The van der Waals surface area contributed by atoms with Crippen LogP contribution in [0.2, 0.25) is 10.0 Å². The standard InChI is InChI=1S/C16H17BCl2N4O4/c17-12-7-11(23(26)27)9-14(19)16(12)21-20-15-2-1-10(8-13(15)18)22(3-5-24)4-6-25/h1-2,7-9,24-25H,3-6,17H2/b21-20+. The van der Waals surface area contributed by atoms with Gasteiger partial charge in [-0.1, -0.05) is 28.7 Å². The maximum atomic E-state index is 10.9. The summed E-state index contributed by atoms with van der Waals surface area (Å²) in [5.41, 5.74) is 1.84. The molecule has 0 atom stereocenters. The van der Waals surface area contributed by atoms with Gasteiger partial charge in [0, 0.05) is 30.9 Å². The summed E-state index contributed by atoms with van der Waals surface area (Å²) < 4.78 is 0. The van der Waals surface area contributed by atoms with Crippen LogP contribution in [0.3, 0.4) is 0 Å². The zero-order valence-corrected chi connectivity index (χ0v) is 16.0. The molecular formula is C16H17BCl2N4O4. The van der Waals surface area contributed by atoms with E-state index < -0.39 is 4.92 Å². The maximum Gasteiger partial charge on any atom is 0.270 e. The molecule has 0 saturated heterocycles. The zero-order valence-electron chi connectivity index (χ0n) is 14.5. The van der Waals surface area contributed by atoms with Gasteiger partial charge in [-0.15, -0.1) is 10.2 Å². The fourth-order valence-corrected chi connectivity index (χ4v) is 2.95. The third-order valence-electron chi connectivity index (χ3n) is 3.74. The molecule has 11 heteroatoms. The van der Waals surface area contributed by atoms with E-state index in [-0.39, 0.29) is 23.9 Å². The van der Waals surface area contributed by atoms with Gasteiger partial charge in [-0.2, -0.15) is 0 Å². The summed E-state index contributed by atoms with van der Waals surface area (Å²) in [6.45, 7) is 0.596. The molecule has 0 unspecified atom stereocenters. The number of nitro benzene ring substituents is 1. The molecule has 142 valence electrons. The van der Waals surface area contributed by atoms with Gasteiger partial charge in [-0.3, -0.25) is 10.1 Å². The first-order valence-corrected chi connectivity index (χ1v) is 8.75. The number of rotatable bonds is 8.